The molecule has 0 heterocycles. The van der Waals surface area contributed by atoms with E-state index in [0.717, 1.165) is 18.8 Å². The molecule has 0 unspecified atom stereocenters. The van der Waals surface area contributed by atoms with Gasteiger partial charge in [-0.1, -0.05) is 55.8 Å². The highest BCUT2D eigenvalue weighted by Gasteiger charge is 1.98. The monoisotopic (exact) mass is 269 g/mol. The summed E-state index contributed by atoms with van der Waals surface area (Å²) in [4.78, 5) is 0. The van der Waals surface area contributed by atoms with Gasteiger partial charge in [0, 0.05) is 6.54 Å². The van der Waals surface area contributed by atoms with Crippen LogP contribution in [-0.2, 0) is 13.2 Å². The fraction of sp³-hybridized carbons (Fsp3) is 0.333. The van der Waals surface area contributed by atoms with E-state index >= 15 is 0 Å². The Kier molecular flexibility index (Phi) is 6.12. The second-order valence-corrected chi connectivity index (χ2v) is 4.95. The van der Waals surface area contributed by atoms with E-state index in [1.807, 2.05) is 24.3 Å². The Morgan fingerprint density at radius 3 is 2.55 bits per heavy atom. The second kappa shape index (κ2) is 8.39. The predicted octanol–water partition coefficient (Wildman–Crippen LogP) is 4.16. The molecule has 2 rings (SSSR count). The Bertz CT molecular complexity index is 496. The molecule has 0 radical (unpaired) electrons. The van der Waals surface area contributed by atoms with Crippen LogP contribution in [-0.4, -0.2) is 6.54 Å². The smallest absolute Gasteiger partial charge is 0.120 e. The van der Waals surface area contributed by atoms with Gasteiger partial charge in [-0.05, 0) is 36.2 Å². The molecule has 20 heavy (non-hydrogen) atoms. The molecule has 0 aliphatic rings. The third-order valence-electron chi connectivity index (χ3n) is 3.18. The Hall–Kier alpha value is -1.80. The summed E-state index contributed by atoms with van der Waals surface area (Å²) >= 11 is 0. The Morgan fingerprint density at radius 1 is 0.950 bits per heavy atom. The van der Waals surface area contributed by atoms with E-state index in [2.05, 4.69) is 42.6 Å². The molecule has 0 atom stereocenters. The minimum Gasteiger partial charge on any atom is -0.489 e. The van der Waals surface area contributed by atoms with E-state index in [0.29, 0.717) is 6.61 Å². The van der Waals surface area contributed by atoms with Crippen molar-refractivity contribution in [2.24, 2.45) is 0 Å². The van der Waals surface area contributed by atoms with Gasteiger partial charge in [-0.2, -0.15) is 0 Å². The molecule has 0 saturated heterocycles. The molecule has 2 heteroatoms. The highest BCUT2D eigenvalue weighted by Crippen LogP contribution is 2.15. The molecule has 0 amide bonds. The number of rotatable bonds is 8. The van der Waals surface area contributed by atoms with Crippen LogP contribution >= 0.6 is 0 Å². The average Bonchev–Trinajstić information content (AvgIpc) is 2.51. The highest BCUT2D eigenvalue weighted by atomic mass is 16.5. The largest absolute Gasteiger partial charge is 0.489 e. The summed E-state index contributed by atoms with van der Waals surface area (Å²) in [7, 11) is 0. The molecule has 0 aromatic heterocycles. The van der Waals surface area contributed by atoms with Gasteiger partial charge < -0.3 is 10.1 Å². The van der Waals surface area contributed by atoms with Crippen molar-refractivity contribution in [1.29, 1.82) is 0 Å². The van der Waals surface area contributed by atoms with Crippen LogP contribution in [0.2, 0.25) is 0 Å². The summed E-state index contributed by atoms with van der Waals surface area (Å²) in [6, 6.07) is 18.6. The van der Waals surface area contributed by atoms with Gasteiger partial charge in [0.15, 0.2) is 0 Å². The van der Waals surface area contributed by atoms with Gasteiger partial charge in [0.05, 0.1) is 0 Å². The van der Waals surface area contributed by atoms with E-state index in [1.54, 1.807) is 0 Å². The van der Waals surface area contributed by atoms with E-state index in [4.69, 9.17) is 4.74 Å². The van der Waals surface area contributed by atoms with Crippen molar-refractivity contribution in [3.8, 4) is 5.75 Å². The van der Waals surface area contributed by atoms with E-state index < -0.39 is 0 Å². The number of unbranched alkanes of at least 4 members (excludes halogenated alkanes) is 1. The van der Waals surface area contributed by atoms with E-state index in [-0.39, 0.29) is 0 Å². The lowest BCUT2D eigenvalue weighted by atomic mass is 10.2. The molecule has 1 N–H and O–H groups in total. The Morgan fingerprint density at radius 2 is 1.75 bits per heavy atom. The predicted molar refractivity (Wildman–Crippen MR) is 83.8 cm³/mol. The summed E-state index contributed by atoms with van der Waals surface area (Å²) < 4.78 is 5.83. The van der Waals surface area contributed by atoms with E-state index in [9.17, 15) is 0 Å². The van der Waals surface area contributed by atoms with Crippen molar-refractivity contribution >= 4 is 0 Å². The average molecular weight is 269 g/mol. The van der Waals surface area contributed by atoms with Crippen LogP contribution in [0.15, 0.2) is 54.6 Å². The minimum atomic E-state index is 0.619. The topological polar surface area (TPSA) is 21.3 Å². The molecule has 2 aromatic carbocycles. The van der Waals surface area contributed by atoms with Gasteiger partial charge in [-0.15, -0.1) is 0 Å². The summed E-state index contributed by atoms with van der Waals surface area (Å²) in [5, 5.41) is 3.45. The van der Waals surface area contributed by atoms with Crippen molar-refractivity contribution in [3.05, 3.63) is 65.7 Å². The highest BCUT2D eigenvalue weighted by molar-refractivity contribution is 5.29. The molecule has 106 valence electrons. The number of hydrogen-bond acceptors (Lipinski definition) is 2. The summed E-state index contributed by atoms with van der Waals surface area (Å²) in [5.74, 6) is 0.934. The van der Waals surface area contributed by atoms with Gasteiger partial charge in [0.1, 0.15) is 12.4 Å². The molecule has 0 spiro atoms. The lowest BCUT2D eigenvalue weighted by Crippen LogP contribution is -2.14. The molecule has 0 bridgehead atoms. The molecular formula is C18H23NO. The summed E-state index contributed by atoms with van der Waals surface area (Å²) in [5.41, 5.74) is 2.46. The van der Waals surface area contributed by atoms with Gasteiger partial charge in [-0.25, -0.2) is 0 Å². The van der Waals surface area contributed by atoms with Crippen LogP contribution in [0.3, 0.4) is 0 Å². The maximum absolute atomic E-state index is 5.83. The lowest BCUT2D eigenvalue weighted by molar-refractivity contribution is 0.306. The lowest BCUT2D eigenvalue weighted by Gasteiger charge is -2.09. The minimum absolute atomic E-state index is 0.619. The van der Waals surface area contributed by atoms with Gasteiger partial charge in [-0.3, -0.25) is 0 Å². The molecule has 0 aliphatic heterocycles. The maximum atomic E-state index is 5.83. The van der Waals surface area contributed by atoms with Gasteiger partial charge in [0.25, 0.3) is 0 Å². The van der Waals surface area contributed by atoms with Crippen LogP contribution < -0.4 is 10.1 Å². The SMILES string of the molecule is CCCCNCc1cccc(OCc2ccccc2)c1. The van der Waals surface area contributed by atoms with E-state index in [1.165, 1.54) is 24.0 Å². The molecule has 0 aliphatic carbocycles. The first-order valence-electron chi connectivity index (χ1n) is 7.35. The van der Waals surface area contributed by atoms with Crippen LogP contribution in [0, 0.1) is 0 Å². The quantitative estimate of drug-likeness (QED) is 0.727. The Balaban J connectivity index is 1.83. The first kappa shape index (κ1) is 14.6. The van der Waals surface area contributed by atoms with Gasteiger partial charge in [0.2, 0.25) is 0 Å². The maximum Gasteiger partial charge on any atom is 0.120 e. The van der Waals surface area contributed by atoms with Crippen molar-refractivity contribution < 1.29 is 4.74 Å². The zero-order chi connectivity index (χ0) is 14.0. The summed E-state index contributed by atoms with van der Waals surface area (Å²) in [6.07, 6.45) is 2.46. The van der Waals surface area contributed by atoms with Crippen LogP contribution in [0.1, 0.15) is 30.9 Å². The fourth-order valence-corrected chi connectivity index (χ4v) is 2.02. The molecule has 0 saturated carbocycles. The third-order valence-corrected chi connectivity index (χ3v) is 3.18. The summed E-state index contributed by atoms with van der Waals surface area (Å²) in [6.45, 7) is 4.81. The van der Waals surface area contributed by atoms with Crippen molar-refractivity contribution in [2.45, 2.75) is 32.9 Å². The standard InChI is InChI=1S/C18H23NO/c1-2-3-12-19-14-17-10-7-11-18(13-17)20-15-16-8-5-4-6-9-16/h4-11,13,19H,2-3,12,14-15H2,1H3. The second-order valence-electron chi connectivity index (χ2n) is 4.95. The molecule has 0 fully saturated rings. The fourth-order valence-electron chi connectivity index (χ4n) is 2.02. The molecule has 2 aromatic rings. The van der Waals surface area contributed by atoms with Crippen LogP contribution in [0.25, 0.3) is 0 Å². The van der Waals surface area contributed by atoms with Crippen molar-refractivity contribution in [1.82, 2.24) is 5.32 Å². The Labute approximate surface area is 121 Å². The van der Waals surface area contributed by atoms with Crippen LogP contribution in [0.4, 0.5) is 0 Å². The number of hydrogen-bond donors (Lipinski definition) is 1. The first-order chi connectivity index (χ1) is 9.88. The zero-order valence-electron chi connectivity index (χ0n) is 12.1. The normalized spacial score (nSPS) is 10.4. The molecular weight excluding hydrogens is 246 g/mol. The number of benzene rings is 2. The first-order valence-corrected chi connectivity index (χ1v) is 7.35. The molecule has 2 nitrogen and oxygen atoms in total. The van der Waals surface area contributed by atoms with Crippen molar-refractivity contribution in [3.63, 3.8) is 0 Å². The zero-order valence-corrected chi connectivity index (χ0v) is 12.1. The third kappa shape index (κ3) is 5.06. The van der Waals surface area contributed by atoms with Gasteiger partial charge >= 0.3 is 0 Å². The number of nitrogens with one attached hydrogen (secondary N) is 1. The van der Waals surface area contributed by atoms with Crippen molar-refractivity contribution in [2.75, 3.05) is 6.54 Å². The number of ether oxygens (including phenoxy) is 1. The van der Waals surface area contributed by atoms with Crippen LogP contribution in [0.5, 0.6) is 5.75 Å².